The van der Waals surface area contributed by atoms with Crippen LogP contribution in [0.2, 0.25) is 0 Å². The van der Waals surface area contributed by atoms with Crippen LogP contribution in [0.15, 0.2) is 96.2 Å². The predicted molar refractivity (Wildman–Crippen MR) is 231 cm³/mol. The lowest BCUT2D eigenvalue weighted by atomic mass is 10.0. The molecule has 5 aromatic rings. The average Bonchev–Trinajstić information content (AvgIpc) is 4.10. The zero-order valence-corrected chi connectivity index (χ0v) is 34.5. The number of benzene rings is 3. The minimum Gasteiger partial charge on any atom is -0.355 e. The number of imidazole rings is 2. The Morgan fingerprint density at radius 1 is 0.845 bits per heavy atom. The molecule has 0 aliphatic carbocycles. The smallest absolute Gasteiger partial charge is 0.246 e. The van der Waals surface area contributed by atoms with Crippen molar-refractivity contribution in [1.29, 1.82) is 0 Å². The average molecular weight is 783 g/mol. The van der Waals surface area contributed by atoms with Gasteiger partial charge in [0, 0.05) is 19.6 Å². The molecule has 2 aliphatic rings. The van der Waals surface area contributed by atoms with Crippen LogP contribution in [-0.4, -0.2) is 97.7 Å². The maximum atomic E-state index is 14.1. The largest absolute Gasteiger partial charge is 0.355 e. The highest BCUT2D eigenvalue weighted by Crippen LogP contribution is 2.34. The Labute approximate surface area is 342 Å². The Kier molecular flexibility index (Phi) is 13.0. The van der Waals surface area contributed by atoms with Gasteiger partial charge in [0.25, 0.3) is 0 Å². The Morgan fingerprint density at radius 3 is 2.09 bits per heavy atom. The Hall–Kier alpha value is -5.75. The monoisotopic (exact) mass is 782 g/mol. The standard InChI is InChI=1S/C46H58N10O2/c1-6-26-55(45(58)42(54(7-2)8-3)36-13-10-9-11-14-36)30-40-49-28-37(51-40)34-20-16-32(17-21-34)33-18-22-35(23-19-33)38-29-50-43(52-38)39-15-12-27-56(39)44(57)41(31(4)5)53-46-47-24-25-48-46/h9-11,13-14,16-23,28-29,31,39,41-42H,6-8,12,15,24-27,30H2,1-5H3,(H,49,51)(H,50,52)(H2,47,48,53). The molecule has 2 amide bonds. The molecule has 1 fully saturated rings. The number of hydrogen-bond acceptors (Lipinski definition) is 8. The number of carbonyl (C=O) groups is 2. The van der Waals surface area contributed by atoms with Crippen LogP contribution >= 0.6 is 0 Å². The minimum atomic E-state index is -0.354. The van der Waals surface area contributed by atoms with E-state index in [1.807, 2.05) is 52.5 Å². The number of likely N-dealkylation sites (N-methyl/N-ethyl adjacent to an activating group) is 1. The molecule has 3 unspecified atom stereocenters. The molecular formula is C46H58N10O2. The number of rotatable bonds is 16. The Balaban J connectivity index is 0.996. The van der Waals surface area contributed by atoms with Crippen LogP contribution in [-0.2, 0) is 16.1 Å². The van der Waals surface area contributed by atoms with Crippen molar-refractivity contribution in [2.24, 2.45) is 10.9 Å². The molecule has 1 saturated heterocycles. The van der Waals surface area contributed by atoms with Crippen molar-refractivity contribution in [3.05, 3.63) is 108 Å². The third kappa shape index (κ3) is 9.02. The summed E-state index contributed by atoms with van der Waals surface area (Å²) in [4.78, 5) is 55.0. The molecule has 58 heavy (non-hydrogen) atoms. The predicted octanol–water partition coefficient (Wildman–Crippen LogP) is 7.19. The molecule has 3 aromatic carbocycles. The van der Waals surface area contributed by atoms with Crippen molar-refractivity contribution in [2.75, 3.05) is 39.3 Å². The summed E-state index contributed by atoms with van der Waals surface area (Å²) >= 11 is 0. The number of likely N-dealkylation sites (tertiary alicyclic amines) is 1. The highest BCUT2D eigenvalue weighted by atomic mass is 16.2. The second-order valence-electron chi connectivity index (χ2n) is 15.6. The second kappa shape index (κ2) is 18.7. The number of hydrogen-bond donors (Lipinski definition) is 4. The van der Waals surface area contributed by atoms with Crippen LogP contribution < -0.4 is 10.6 Å². The van der Waals surface area contributed by atoms with Crippen LogP contribution in [0, 0.1) is 5.92 Å². The van der Waals surface area contributed by atoms with E-state index in [4.69, 9.17) is 9.97 Å². The Morgan fingerprint density at radius 2 is 1.48 bits per heavy atom. The topological polar surface area (TPSA) is 138 Å². The highest BCUT2D eigenvalue weighted by molar-refractivity contribution is 5.90. The van der Waals surface area contributed by atoms with Gasteiger partial charge < -0.3 is 30.4 Å². The Bertz CT molecular complexity index is 2140. The first-order valence-corrected chi connectivity index (χ1v) is 21.0. The number of nitrogens with one attached hydrogen (secondary N) is 4. The van der Waals surface area contributed by atoms with Gasteiger partial charge in [-0.3, -0.25) is 19.5 Å². The van der Waals surface area contributed by atoms with Crippen LogP contribution in [0.3, 0.4) is 0 Å². The summed E-state index contributed by atoms with van der Waals surface area (Å²) in [5.41, 5.74) is 7.14. The van der Waals surface area contributed by atoms with Gasteiger partial charge in [0.1, 0.15) is 23.7 Å². The number of aliphatic imine (C=N–C) groups is 1. The third-order valence-corrected chi connectivity index (χ3v) is 11.4. The van der Waals surface area contributed by atoms with Gasteiger partial charge in [-0.05, 0) is 66.1 Å². The van der Waals surface area contributed by atoms with Gasteiger partial charge in [-0.1, -0.05) is 113 Å². The van der Waals surface area contributed by atoms with Crippen LogP contribution in [0.5, 0.6) is 0 Å². The van der Waals surface area contributed by atoms with E-state index in [9.17, 15) is 9.59 Å². The zero-order chi connectivity index (χ0) is 40.6. The van der Waals surface area contributed by atoms with Crippen molar-refractivity contribution in [3.8, 4) is 33.6 Å². The number of aromatic amines is 2. The highest BCUT2D eigenvalue weighted by Gasteiger charge is 2.37. The first-order valence-electron chi connectivity index (χ1n) is 21.0. The summed E-state index contributed by atoms with van der Waals surface area (Å²) in [6.07, 6.45) is 6.41. The molecule has 2 aliphatic heterocycles. The molecule has 4 N–H and O–H groups in total. The van der Waals surface area contributed by atoms with Gasteiger partial charge in [0.15, 0.2) is 5.96 Å². The molecule has 4 heterocycles. The summed E-state index contributed by atoms with van der Waals surface area (Å²) < 4.78 is 0. The molecular weight excluding hydrogens is 725 g/mol. The fourth-order valence-electron chi connectivity index (χ4n) is 8.20. The summed E-state index contributed by atoms with van der Waals surface area (Å²) in [7, 11) is 0. The summed E-state index contributed by atoms with van der Waals surface area (Å²) in [6.45, 7) is 15.3. The number of carbonyl (C=O) groups excluding carboxylic acids is 2. The van der Waals surface area contributed by atoms with Crippen LogP contribution in [0.4, 0.5) is 0 Å². The number of H-pyrrole nitrogens is 2. The molecule has 0 spiro atoms. The number of nitrogens with zero attached hydrogens (tertiary/aromatic N) is 6. The van der Waals surface area contributed by atoms with Gasteiger partial charge in [0.2, 0.25) is 11.8 Å². The molecule has 0 radical (unpaired) electrons. The van der Waals surface area contributed by atoms with E-state index < -0.39 is 0 Å². The number of amides is 2. The zero-order valence-electron chi connectivity index (χ0n) is 34.5. The van der Waals surface area contributed by atoms with Gasteiger partial charge in [-0.2, -0.15) is 0 Å². The van der Waals surface area contributed by atoms with Crippen molar-refractivity contribution in [1.82, 2.24) is 45.3 Å². The number of aromatic nitrogens is 4. The normalized spacial score (nSPS) is 16.4. The number of guanidine groups is 1. The maximum Gasteiger partial charge on any atom is 0.246 e. The molecule has 304 valence electrons. The van der Waals surface area contributed by atoms with E-state index in [0.717, 1.165) is 96.3 Å². The van der Waals surface area contributed by atoms with Crippen LogP contribution in [0.25, 0.3) is 33.6 Å². The molecule has 0 saturated carbocycles. The van der Waals surface area contributed by atoms with E-state index in [0.29, 0.717) is 25.6 Å². The van der Waals surface area contributed by atoms with E-state index >= 15 is 0 Å². The van der Waals surface area contributed by atoms with E-state index in [1.165, 1.54) is 0 Å². The first-order chi connectivity index (χ1) is 28.3. The summed E-state index contributed by atoms with van der Waals surface area (Å²) in [5, 5.41) is 6.59. The molecule has 0 bridgehead atoms. The quantitative estimate of drug-likeness (QED) is 0.0832. The van der Waals surface area contributed by atoms with Crippen molar-refractivity contribution >= 4 is 17.8 Å². The van der Waals surface area contributed by atoms with E-state index in [1.54, 1.807) is 0 Å². The SMILES string of the molecule is CCCN(Cc1ncc(-c2ccc(-c3ccc(-c4cnc(C5CCCN5C(=O)C(NC5=NCCN5)C(C)C)[nH]4)cc3)cc2)[nH]1)C(=O)C(c1ccccc1)N(CC)CC. The summed E-state index contributed by atoms with van der Waals surface area (Å²) in [6, 6.07) is 26.3. The fourth-order valence-corrected chi connectivity index (χ4v) is 8.20. The molecule has 3 atom stereocenters. The van der Waals surface area contributed by atoms with Crippen LogP contribution in [0.1, 0.15) is 83.2 Å². The van der Waals surface area contributed by atoms with Crippen molar-refractivity contribution in [2.45, 2.75) is 78.6 Å². The molecule has 2 aromatic heterocycles. The van der Waals surface area contributed by atoms with Gasteiger partial charge in [-0.15, -0.1) is 0 Å². The first kappa shape index (κ1) is 40.4. The minimum absolute atomic E-state index is 0.0870. The van der Waals surface area contributed by atoms with Gasteiger partial charge >= 0.3 is 0 Å². The lowest BCUT2D eigenvalue weighted by Crippen LogP contribution is -2.53. The summed E-state index contributed by atoms with van der Waals surface area (Å²) in [5.74, 6) is 2.59. The lowest BCUT2D eigenvalue weighted by molar-refractivity contribution is -0.138. The maximum absolute atomic E-state index is 14.1. The second-order valence-corrected chi connectivity index (χ2v) is 15.6. The van der Waals surface area contributed by atoms with Crippen molar-refractivity contribution < 1.29 is 9.59 Å². The van der Waals surface area contributed by atoms with Gasteiger partial charge in [-0.25, -0.2) is 9.97 Å². The fraction of sp³-hybridized carbons (Fsp3) is 0.413. The van der Waals surface area contributed by atoms with Crippen molar-refractivity contribution in [3.63, 3.8) is 0 Å². The third-order valence-electron chi connectivity index (χ3n) is 11.4. The molecule has 12 heteroatoms. The molecule has 7 rings (SSSR count). The lowest BCUT2D eigenvalue weighted by Gasteiger charge is -2.33. The van der Waals surface area contributed by atoms with E-state index in [2.05, 4.69) is 114 Å². The molecule has 12 nitrogen and oxygen atoms in total. The van der Waals surface area contributed by atoms with Gasteiger partial charge in [0.05, 0.1) is 42.9 Å². The van der Waals surface area contributed by atoms with E-state index in [-0.39, 0.29) is 35.9 Å².